The lowest BCUT2D eigenvalue weighted by Crippen LogP contribution is -2.49. The highest BCUT2D eigenvalue weighted by atomic mass is 15.2. The molecule has 1 aliphatic rings. The Morgan fingerprint density at radius 1 is 1.39 bits per heavy atom. The van der Waals surface area contributed by atoms with E-state index in [0.717, 1.165) is 25.9 Å². The highest BCUT2D eigenvalue weighted by molar-refractivity contribution is 5.57. The van der Waals surface area contributed by atoms with E-state index in [1.54, 1.807) is 0 Å². The molecule has 2 heteroatoms. The zero-order chi connectivity index (χ0) is 13.2. The fourth-order valence-electron chi connectivity index (χ4n) is 3.07. The van der Waals surface area contributed by atoms with E-state index in [4.69, 9.17) is 5.73 Å². The van der Waals surface area contributed by atoms with Gasteiger partial charge in [0, 0.05) is 24.3 Å². The highest BCUT2D eigenvalue weighted by Crippen LogP contribution is 2.35. The third-order valence-corrected chi connectivity index (χ3v) is 4.01. The Morgan fingerprint density at radius 2 is 2.11 bits per heavy atom. The predicted molar refractivity (Wildman–Crippen MR) is 79.2 cm³/mol. The first-order valence-electron chi connectivity index (χ1n) is 7.16. The Bertz CT molecular complexity index is 398. The van der Waals surface area contributed by atoms with E-state index < -0.39 is 0 Å². The quantitative estimate of drug-likeness (QED) is 0.880. The summed E-state index contributed by atoms with van der Waals surface area (Å²) in [4.78, 5) is 2.48. The molecule has 1 aromatic carbocycles. The van der Waals surface area contributed by atoms with Crippen molar-refractivity contribution in [2.75, 3.05) is 18.0 Å². The molecule has 100 valence electrons. The number of fused-ring (bicyclic) bond motifs is 1. The van der Waals surface area contributed by atoms with Crippen LogP contribution in [-0.4, -0.2) is 18.6 Å². The van der Waals surface area contributed by atoms with Gasteiger partial charge in [0.25, 0.3) is 0 Å². The molecule has 2 nitrogen and oxygen atoms in total. The number of rotatable bonds is 4. The van der Waals surface area contributed by atoms with E-state index in [1.165, 1.54) is 17.7 Å². The molecule has 1 aliphatic heterocycles. The van der Waals surface area contributed by atoms with Gasteiger partial charge in [-0.3, -0.25) is 0 Å². The average Bonchev–Trinajstić information content (AvgIpc) is 2.33. The summed E-state index contributed by atoms with van der Waals surface area (Å²) in [5.41, 5.74) is 9.20. The van der Waals surface area contributed by atoms with Gasteiger partial charge >= 0.3 is 0 Å². The summed E-state index contributed by atoms with van der Waals surface area (Å²) >= 11 is 0. The van der Waals surface area contributed by atoms with E-state index >= 15 is 0 Å². The Hall–Kier alpha value is -1.02. The monoisotopic (exact) mass is 246 g/mol. The number of anilines is 1. The molecule has 0 saturated carbocycles. The lowest BCUT2D eigenvalue weighted by Gasteiger charge is -2.39. The van der Waals surface area contributed by atoms with Gasteiger partial charge in [0.15, 0.2) is 0 Å². The van der Waals surface area contributed by atoms with Crippen LogP contribution in [0.4, 0.5) is 5.69 Å². The van der Waals surface area contributed by atoms with Crippen molar-refractivity contribution in [1.82, 2.24) is 0 Å². The summed E-state index contributed by atoms with van der Waals surface area (Å²) in [5, 5.41) is 0. The Kier molecular flexibility index (Phi) is 3.96. The van der Waals surface area contributed by atoms with Crippen molar-refractivity contribution in [3.8, 4) is 0 Å². The first-order chi connectivity index (χ1) is 8.53. The lowest BCUT2D eigenvalue weighted by atomic mass is 9.89. The number of hydrogen-bond donors (Lipinski definition) is 1. The summed E-state index contributed by atoms with van der Waals surface area (Å²) in [6.07, 6.45) is 3.47. The van der Waals surface area contributed by atoms with Crippen molar-refractivity contribution in [2.24, 2.45) is 5.73 Å². The second-order valence-corrected chi connectivity index (χ2v) is 6.07. The third kappa shape index (κ3) is 2.86. The average molecular weight is 246 g/mol. The summed E-state index contributed by atoms with van der Waals surface area (Å²) in [7, 11) is 0. The summed E-state index contributed by atoms with van der Waals surface area (Å²) in [6.45, 7) is 8.80. The highest BCUT2D eigenvalue weighted by Gasteiger charge is 2.27. The van der Waals surface area contributed by atoms with Gasteiger partial charge in [0.1, 0.15) is 0 Å². The van der Waals surface area contributed by atoms with Crippen LogP contribution >= 0.6 is 0 Å². The maximum atomic E-state index is 6.41. The second kappa shape index (κ2) is 5.31. The van der Waals surface area contributed by atoms with Crippen LogP contribution in [0, 0.1) is 0 Å². The van der Waals surface area contributed by atoms with Crippen LogP contribution in [0.5, 0.6) is 0 Å². The molecule has 18 heavy (non-hydrogen) atoms. The van der Waals surface area contributed by atoms with E-state index in [1.807, 2.05) is 0 Å². The van der Waals surface area contributed by atoms with Crippen LogP contribution in [0.1, 0.15) is 51.5 Å². The minimum absolute atomic E-state index is 0.0809. The van der Waals surface area contributed by atoms with Crippen molar-refractivity contribution in [2.45, 2.75) is 51.5 Å². The zero-order valence-electron chi connectivity index (χ0n) is 11.9. The smallest absolute Gasteiger partial charge is 0.0402 e. The number of nitrogens with two attached hydrogens (primary N) is 1. The fraction of sp³-hybridized carbons (Fsp3) is 0.625. The van der Waals surface area contributed by atoms with E-state index in [2.05, 4.69) is 49.9 Å². The number of para-hydroxylation sites is 1. The molecular formula is C16H26N2. The molecule has 0 aliphatic carbocycles. The minimum atomic E-state index is -0.0809. The number of benzene rings is 1. The second-order valence-electron chi connectivity index (χ2n) is 6.07. The molecule has 2 N–H and O–H groups in total. The largest absolute Gasteiger partial charge is 0.369 e. The van der Waals surface area contributed by atoms with Crippen LogP contribution in [0.2, 0.25) is 0 Å². The Morgan fingerprint density at radius 3 is 2.83 bits per heavy atom. The van der Waals surface area contributed by atoms with Gasteiger partial charge in [0.2, 0.25) is 0 Å². The van der Waals surface area contributed by atoms with E-state index in [0.29, 0.717) is 5.92 Å². The van der Waals surface area contributed by atoms with Gasteiger partial charge in [-0.05, 0) is 37.3 Å². The van der Waals surface area contributed by atoms with Crippen LogP contribution in [0.15, 0.2) is 24.3 Å². The SMILES string of the molecule is CCCC(C)(N)CN1CCC(C)c2ccccc21. The topological polar surface area (TPSA) is 29.3 Å². The van der Waals surface area contributed by atoms with Crippen molar-refractivity contribution >= 4 is 5.69 Å². The number of nitrogens with zero attached hydrogens (tertiary/aromatic N) is 1. The Balaban J connectivity index is 2.19. The van der Waals surface area contributed by atoms with Gasteiger partial charge in [0.05, 0.1) is 0 Å². The standard InChI is InChI=1S/C16H26N2/c1-4-10-16(3,17)12-18-11-9-13(2)14-7-5-6-8-15(14)18/h5-8,13H,4,9-12,17H2,1-3H3. The molecule has 0 fully saturated rings. The molecule has 1 heterocycles. The molecule has 0 aromatic heterocycles. The molecule has 0 bridgehead atoms. The molecule has 0 radical (unpaired) electrons. The summed E-state index contributed by atoms with van der Waals surface area (Å²) in [6, 6.07) is 8.79. The van der Waals surface area contributed by atoms with E-state index in [9.17, 15) is 0 Å². The predicted octanol–water partition coefficient (Wildman–Crippen LogP) is 3.52. The molecule has 1 aromatic rings. The third-order valence-electron chi connectivity index (χ3n) is 4.01. The molecular weight excluding hydrogens is 220 g/mol. The number of hydrogen-bond acceptors (Lipinski definition) is 2. The normalized spacial score (nSPS) is 22.4. The van der Waals surface area contributed by atoms with Gasteiger partial charge in [-0.25, -0.2) is 0 Å². The van der Waals surface area contributed by atoms with Crippen molar-refractivity contribution in [3.05, 3.63) is 29.8 Å². The van der Waals surface area contributed by atoms with Crippen LogP contribution in [-0.2, 0) is 0 Å². The van der Waals surface area contributed by atoms with Crippen LogP contribution in [0.25, 0.3) is 0 Å². The van der Waals surface area contributed by atoms with Crippen molar-refractivity contribution in [3.63, 3.8) is 0 Å². The maximum absolute atomic E-state index is 6.41. The van der Waals surface area contributed by atoms with E-state index in [-0.39, 0.29) is 5.54 Å². The minimum Gasteiger partial charge on any atom is -0.369 e. The van der Waals surface area contributed by atoms with Gasteiger partial charge in [-0.15, -0.1) is 0 Å². The zero-order valence-corrected chi connectivity index (χ0v) is 11.9. The molecule has 0 saturated heterocycles. The first-order valence-corrected chi connectivity index (χ1v) is 7.16. The first kappa shape index (κ1) is 13.4. The molecule has 2 atom stereocenters. The summed E-state index contributed by atoms with van der Waals surface area (Å²) in [5.74, 6) is 0.674. The van der Waals surface area contributed by atoms with Crippen LogP contribution < -0.4 is 10.6 Å². The summed E-state index contributed by atoms with van der Waals surface area (Å²) < 4.78 is 0. The maximum Gasteiger partial charge on any atom is 0.0402 e. The van der Waals surface area contributed by atoms with Gasteiger partial charge in [-0.2, -0.15) is 0 Å². The molecule has 0 spiro atoms. The molecule has 0 amide bonds. The Labute approximate surface area is 111 Å². The van der Waals surface area contributed by atoms with Crippen molar-refractivity contribution < 1.29 is 0 Å². The van der Waals surface area contributed by atoms with Gasteiger partial charge < -0.3 is 10.6 Å². The molecule has 2 rings (SSSR count). The fourth-order valence-corrected chi connectivity index (χ4v) is 3.07. The van der Waals surface area contributed by atoms with Gasteiger partial charge in [-0.1, -0.05) is 38.5 Å². The molecule has 2 unspecified atom stereocenters. The van der Waals surface area contributed by atoms with Crippen molar-refractivity contribution in [1.29, 1.82) is 0 Å². The lowest BCUT2D eigenvalue weighted by molar-refractivity contribution is 0.414. The van der Waals surface area contributed by atoms with Crippen LogP contribution in [0.3, 0.4) is 0 Å².